The Bertz CT molecular complexity index is 488. The average molecular weight is 246 g/mol. The molecule has 0 unspecified atom stereocenters. The predicted molar refractivity (Wildman–Crippen MR) is 69.0 cm³/mol. The van der Waals surface area contributed by atoms with Crippen LogP contribution in [0.1, 0.15) is 11.4 Å². The quantitative estimate of drug-likeness (QED) is 0.615. The van der Waals surface area contributed by atoms with Gasteiger partial charge in [0.1, 0.15) is 6.20 Å². The summed E-state index contributed by atoms with van der Waals surface area (Å²) in [6, 6.07) is 6.76. The van der Waals surface area contributed by atoms with Gasteiger partial charge in [0.15, 0.2) is 0 Å². The molecule has 2 N–H and O–H groups in total. The van der Waals surface area contributed by atoms with Gasteiger partial charge >= 0.3 is 0 Å². The molecule has 2 heterocycles. The molecule has 0 aromatic carbocycles. The van der Waals surface area contributed by atoms with Crippen LogP contribution in [0.4, 0.5) is 11.4 Å². The Morgan fingerprint density at radius 2 is 1.61 bits per heavy atom. The largest absolute Gasteiger partial charge is 0.397 e. The topological polar surface area (TPSA) is 94.9 Å². The molecule has 2 aromatic rings. The minimum absolute atomic E-state index is 0.0330. The molecule has 0 aliphatic heterocycles. The molecular weight excluding hydrogens is 232 g/mol. The third kappa shape index (κ3) is 4.56. The molecule has 0 bridgehead atoms. The van der Waals surface area contributed by atoms with Gasteiger partial charge in [0.25, 0.3) is 5.69 Å². The van der Waals surface area contributed by atoms with Crippen LogP contribution < -0.4 is 5.73 Å². The van der Waals surface area contributed by atoms with Crippen LogP contribution >= 0.6 is 0 Å². The number of hydrogen-bond donors (Lipinski definition) is 1. The van der Waals surface area contributed by atoms with E-state index >= 15 is 0 Å². The minimum Gasteiger partial charge on any atom is -0.397 e. The number of hydrogen-bond acceptors (Lipinski definition) is 5. The Balaban J connectivity index is 0.000000184. The van der Waals surface area contributed by atoms with Crippen molar-refractivity contribution in [2.45, 2.75) is 13.8 Å². The van der Waals surface area contributed by atoms with Crippen molar-refractivity contribution < 1.29 is 4.92 Å². The van der Waals surface area contributed by atoms with Gasteiger partial charge in [0, 0.05) is 17.5 Å². The van der Waals surface area contributed by atoms with Gasteiger partial charge < -0.3 is 5.73 Å². The summed E-state index contributed by atoms with van der Waals surface area (Å²) >= 11 is 0. The predicted octanol–water partition coefficient (Wildman–Crippen LogP) is 2.27. The van der Waals surface area contributed by atoms with Crippen LogP contribution in [-0.4, -0.2) is 14.9 Å². The van der Waals surface area contributed by atoms with E-state index in [1.807, 2.05) is 19.1 Å². The molecular formula is C12H14N4O2. The number of anilines is 1. The Morgan fingerprint density at radius 1 is 1.06 bits per heavy atom. The maximum absolute atomic E-state index is 10.1. The summed E-state index contributed by atoms with van der Waals surface area (Å²) in [7, 11) is 0. The van der Waals surface area contributed by atoms with Crippen molar-refractivity contribution in [2.24, 2.45) is 0 Å². The molecule has 6 heteroatoms. The summed E-state index contributed by atoms with van der Waals surface area (Å²) in [6.07, 6.45) is 2.89. The fraction of sp³-hybridized carbons (Fsp3) is 0.167. The maximum atomic E-state index is 10.1. The lowest BCUT2D eigenvalue weighted by atomic mass is 10.3. The smallest absolute Gasteiger partial charge is 0.287 e. The fourth-order valence-corrected chi connectivity index (χ4v) is 1.05. The highest BCUT2D eigenvalue weighted by molar-refractivity contribution is 5.34. The van der Waals surface area contributed by atoms with Crippen molar-refractivity contribution in [3.8, 4) is 0 Å². The van der Waals surface area contributed by atoms with Crippen molar-refractivity contribution >= 4 is 11.4 Å². The van der Waals surface area contributed by atoms with E-state index in [0.29, 0.717) is 0 Å². The lowest BCUT2D eigenvalue weighted by Gasteiger charge is -1.89. The zero-order valence-corrected chi connectivity index (χ0v) is 10.2. The first-order chi connectivity index (χ1) is 8.49. The molecule has 0 spiro atoms. The highest BCUT2D eigenvalue weighted by atomic mass is 16.6. The van der Waals surface area contributed by atoms with E-state index in [1.165, 1.54) is 12.3 Å². The van der Waals surface area contributed by atoms with E-state index in [4.69, 9.17) is 5.73 Å². The number of pyridine rings is 2. The van der Waals surface area contributed by atoms with Gasteiger partial charge in [0.05, 0.1) is 16.8 Å². The van der Waals surface area contributed by atoms with Crippen LogP contribution in [0, 0.1) is 24.0 Å². The number of aromatic nitrogens is 2. The van der Waals surface area contributed by atoms with Crippen molar-refractivity contribution in [1.29, 1.82) is 0 Å². The Labute approximate surface area is 105 Å². The second kappa shape index (κ2) is 6.29. The molecule has 0 aliphatic rings. The van der Waals surface area contributed by atoms with E-state index in [9.17, 15) is 10.1 Å². The van der Waals surface area contributed by atoms with Crippen LogP contribution in [-0.2, 0) is 0 Å². The molecule has 18 heavy (non-hydrogen) atoms. The van der Waals surface area contributed by atoms with Crippen LogP contribution in [0.5, 0.6) is 0 Å². The third-order valence-corrected chi connectivity index (χ3v) is 2.04. The number of nitrogen functional groups attached to an aromatic ring is 1. The van der Waals surface area contributed by atoms with Crippen molar-refractivity contribution in [1.82, 2.24) is 9.97 Å². The lowest BCUT2D eigenvalue weighted by molar-refractivity contribution is -0.385. The molecule has 0 aliphatic carbocycles. The third-order valence-electron chi connectivity index (χ3n) is 2.04. The molecule has 94 valence electrons. The molecule has 2 rings (SSSR count). The summed E-state index contributed by atoms with van der Waals surface area (Å²) in [5.41, 5.74) is 7.90. The standard InChI is InChI=1S/C6H6N2O2.C6H8N2/c1-5-2-3-6(4-7-5)8(9)10;1-5-2-3-6(7)4-8-5/h2-4H,1H3;2-4H,7H2,1H3. The first-order valence-corrected chi connectivity index (χ1v) is 5.24. The van der Waals surface area contributed by atoms with E-state index in [1.54, 1.807) is 19.2 Å². The summed E-state index contributed by atoms with van der Waals surface area (Å²) in [5, 5.41) is 10.1. The average Bonchev–Trinajstić information content (AvgIpc) is 2.34. The van der Waals surface area contributed by atoms with Gasteiger partial charge in [-0.25, -0.2) is 0 Å². The highest BCUT2D eigenvalue weighted by Crippen LogP contribution is 2.07. The number of aryl methyl sites for hydroxylation is 2. The SMILES string of the molecule is Cc1ccc(N)cn1.Cc1ccc([N+](=O)[O-])cn1. The van der Waals surface area contributed by atoms with E-state index < -0.39 is 4.92 Å². The molecule has 2 aromatic heterocycles. The van der Waals surface area contributed by atoms with Crippen LogP contribution in [0.3, 0.4) is 0 Å². The Hall–Kier alpha value is -2.50. The lowest BCUT2D eigenvalue weighted by Crippen LogP contribution is -1.88. The molecule has 6 nitrogen and oxygen atoms in total. The molecule has 0 amide bonds. The van der Waals surface area contributed by atoms with Gasteiger partial charge in [-0.05, 0) is 32.0 Å². The summed E-state index contributed by atoms with van der Waals surface area (Å²) in [5.74, 6) is 0. The van der Waals surface area contributed by atoms with Crippen LogP contribution in [0.25, 0.3) is 0 Å². The summed E-state index contributed by atoms with van der Waals surface area (Å²) < 4.78 is 0. The molecule has 0 radical (unpaired) electrons. The van der Waals surface area contributed by atoms with Crippen molar-refractivity contribution in [2.75, 3.05) is 5.73 Å². The van der Waals surface area contributed by atoms with Crippen molar-refractivity contribution in [3.05, 3.63) is 58.2 Å². The molecule has 0 saturated heterocycles. The van der Waals surface area contributed by atoms with Gasteiger partial charge in [-0.2, -0.15) is 0 Å². The van der Waals surface area contributed by atoms with E-state index in [0.717, 1.165) is 17.1 Å². The van der Waals surface area contributed by atoms with Crippen LogP contribution in [0.2, 0.25) is 0 Å². The van der Waals surface area contributed by atoms with Gasteiger partial charge in [-0.3, -0.25) is 20.1 Å². The first-order valence-electron chi connectivity index (χ1n) is 5.24. The fourth-order valence-electron chi connectivity index (χ4n) is 1.05. The van der Waals surface area contributed by atoms with E-state index in [-0.39, 0.29) is 5.69 Å². The molecule has 0 saturated carbocycles. The van der Waals surface area contributed by atoms with Crippen molar-refractivity contribution in [3.63, 3.8) is 0 Å². The second-order valence-electron chi connectivity index (χ2n) is 3.65. The zero-order chi connectivity index (χ0) is 13.5. The summed E-state index contributed by atoms with van der Waals surface area (Å²) in [6.45, 7) is 3.71. The number of nitrogens with zero attached hydrogens (tertiary/aromatic N) is 3. The number of rotatable bonds is 1. The van der Waals surface area contributed by atoms with E-state index in [2.05, 4.69) is 9.97 Å². The summed E-state index contributed by atoms with van der Waals surface area (Å²) in [4.78, 5) is 17.3. The molecule has 0 atom stereocenters. The first kappa shape index (κ1) is 13.6. The molecule has 0 fully saturated rings. The number of nitrogens with two attached hydrogens (primary N) is 1. The van der Waals surface area contributed by atoms with Gasteiger partial charge in [-0.1, -0.05) is 0 Å². The van der Waals surface area contributed by atoms with Gasteiger partial charge in [-0.15, -0.1) is 0 Å². The zero-order valence-electron chi connectivity index (χ0n) is 10.2. The number of nitro groups is 1. The Kier molecular flexibility index (Phi) is 4.74. The Morgan fingerprint density at radius 3 is 1.94 bits per heavy atom. The monoisotopic (exact) mass is 246 g/mol. The van der Waals surface area contributed by atoms with Crippen LogP contribution in [0.15, 0.2) is 36.7 Å². The highest BCUT2D eigenvalue weighted by Gasteiger charge is 2.01. The second-order valence-corrected chi connectivity index (χ2v) is 3.65. The van der Waals surface area contributed by atoms with Gasteiger partial charge in [0.2, 0.25) is 0 Å². The maximum Gasteiger partial charge on any atom is 0.287 e. The normalized spacial score (nSPS) is 9.22. The minimum atomic E-state index is -0.466.